The molecular weight excluding hydrogens is 254 g/mol. The number of methoxy groups -OCH3 is 1. The Bertz CT molecular complexity index is 462. The summed E-state index contributed by atoms with van der Waals surface area (Å²) < 4.78 is 5.12. The number of hydrogen-bond donors (Lipinski definition) is 1. The van der Waals surface area contributed by atoms with Gasteiger partial charge >= 0.3 is 0 Å². The lowest BCUT2D eigenvalue weighted by molar-refractivity contribution is -0.136. The molecule has 20 heavy (non-hydrogen) atoms. The van der Waals surface area contributed by atoms with Crippen molar-refractivity contribution in [2.45, 2.75) is 45.3 Å². The van der Waals surface area contributed by atoms with Crippen molar-refractivity contribution in [2.24, 2.45) is 0 Å². The number of amides is 1. The van der Waals surface area contributed by atoms with Gasteiger partial charge in [-0.2, -0.15) is 0 Å². The van der Waals surface area contributed by atoms with Gasteiger partial charge in [-0.1, -0.05) is 13.8 Å². The normalized spacial score (nSPS) is 19.5. The molecule has 5 nitrogen and oxygen atoms in total. The lowest BCUT2D eigenvalue weighted by atomic mass is 10.0. The smallest absolute Gasteiger partial charge is 0.240 e. The lowest BCUT2D eigenvalue weighted by Crippen LogP contribution is -2.51. The highest BCUT2D eigenvalue weighted by Crippen LogP contribution is 2.17. The number of carbonyl (C=O) groups is 1. The van der Waals surface area contributed by atoms with E-state index < -0.39 is 0 Å². The van der Waals surface area contributed by atoms with E-state index in [9.17, 15) is 4.79 Å². The van der Waals surface area contributed by atoms with Gasteiger partial charge in [0.25, 0.3) is 0 Å². The van der Waals surface area contributed by atoms with Gasteiger partial charge in [0.05, 0.1) is 13.2 Å². The molecule has 2 rings (SSSR count). The summed E-state index contributed by atoms with van der Waals surface area (Å²) in [5.74, 6) is 0.782. The fourth-order valence-electron chi connectivity index (χ4n) is 2.54. The number of nitrogens with one attached hydrogen (secondary N) is 1. The monoisotopic (exact) mass is 277 g/mol. The largest absolute Gasteiger partial charge is 0.481 e. The molecular formula is C15H23N3O2. The minimum absolute atomic E-state index is 0.0486. The topological polar surface area (TPSA) is 54.5 Å². The Morgan fingerprint density at radius 3 is 3.05 bits per heavy atom. The highest BCUT2D eigenvalue weighted by molar-refractivity contribution is 5.82. The van der Waals surface area contributed by atoms with Crippen LogP contribution < -0.4 is 10.1 Å². The molecule has 0 aliphatic carbocycles. The van der Waals surface area contributed by atoms with Gasteiger partial charge in [0.15, 0.2) is 0 Å². The molecule has 0 saturated carbocycles. The maximum absolute atomic E-state index is 12.4. The molecule has 0 aromatic carbocycles. The van der Waals surface area contributed by atoms with Crippen molar-refractivity contribution in [3.8, 4) is 5.88 Å². The molecule has 110 valence electrons. The molecule has 0 spiro atoms. The van der Waals surface area contributed by atoms with Gasteiger partial charge in [0.2, 0.25) is 11.8 Å². The van der Waals surface area contributed by atoms with Crippen molar-refractivity contribution >= 4 is 5.91 Å². The van der Waals surface area contributed by atoms with Crippen molar-refractivity contribution in [1.82, 2.24) is 15.2 Å². The van der Waals surface area contributed by atoms with Gasteiger partial charge in [-0.3, -0.25) is 4.79 Å². The second-order valence-electron chi connectivity index (χ2n) is 5.48. The summed E-state index contributed by atoms with van der Waals surface area (Å²) in [6.45, 7) is 5.58. The molecule has 2 heterocycles. The van der Waals surface area contributed by atoms with E-state index in [-0.39, 0.29) is 11.9 Å². The van der Waals surface area contributed by atoms with Crippen LogP contribution in [0.15, 0.2) is 18.3 Å². The SMILES string of the molecule is COc1cc(CN2CCCC(NC(C)C)C2=O)ccn1. The van der Waals surface area contributed by atoms with Gasteiger partial charge in [-0.05, 0) is 24.5 Å². The molecule has 1 fully saturated rings. The van der Waals surface area contributed by atoms with E-state index in [1.165, 1.54) is 0 Å². The molecule has 1 aliphatic rings. The summed E-state index contributed by atoms with van der Waals surface area (Å²) >= 11 is 0. The van der Waals surface area contributed by atoms with Crippen LogP contribution in [0.3, 0.4) is 0 Å². The Labute approximate surface area is 120 Å². The number of nitrogens with zero attached hydrogens (tertiary/aromatic N) is 2. The number of ether oxygens (including phenoxy) is 1. The molecule has 5 heteroatoms. The van der Waals surface area contributed by atoms with Crippen LogP contribution in [-0.4, -0.2) is 41.5 Å². The van der Waals surface area contributed by atoms with E-state index in [1.807, 2.05) is 17.0 Å². The molecule has 1 atom stereocenters. The zero-order valence-electron chi connectivity index (χ0n) is 12.4. The van der Waals surface area contributed by atoms with Crippen LogP contribution >= 0.6 is 0 Å². The highest BCUT2D eigenvalue weighted by atomic mass is 16.5. The number of pyridine rings is 1. The van der Waals surface area contributed by atoms with Crippen LogP contribution in [0.1, 0.15) is 32.3 Å². The Hall–Kier alpha value is -1.62. The maximum Gasteiger partial charge on any atom is 0.240 e. The molecule has 1 aromatic rings. The zero-order valence-corrected chi connectivity index (χ0v) is 12.4. The van der Waals surface area contributed by atoms with Crippen molar-refractivity contribution in [3.63, 3.8) is 0 Å². The van der Waals surface area contributed by atoms with E-state index in [1.54, 1.807) is 13.3 Å². The predicted octanol–water partition coefficient (Wildman–Crippen LogP) is 1.58. The van der Waals surface area contributed by atoms with Crippen molar-refractivity contribution in [2.75, 3.05) is 13.7 Å². The first kappa shape index (κ1) is 14.8. The van der Waals surface area contributed by atoms with Gasteiger partial charge in [0.1, 0.15) is 0 Å². The third-order valence-electron chi connectivity index (χ3n) is 3.45. The first-order chi connectivity index (χ1) is 9.60. The van der Waals surface area contributed by atoms with E-state index in [0.717, 1.165) is 24.9 Å². The van der Waals surface area contributed by atoms with Crippen LogP contribution in [0.4, 0.5) is 0 Å². The predicted molar refractivity (Wildman–Crippen MR) is 77.5 cm³/mol. The molecule has 1 N–H and O–H groups in total. The Kier molecular flexibility index (Phi) is 4.95. The van der Waals surface area contributed by atoms with Gasteiger partial charge in [-0.25, -0.2) is 4.98 Å². The molecule has 1 saturated heterocycles. The Morgan fingerprint density at radius 2 is 2.35 bits per heavy atom. The van der Waals surface area contributed by atoms with Gasteiger partial charge in [-0.15, -0.1) is 0 Å². The second kappa shape index (κ2) is 6.70. The quantitative estimate of drug-likeness (QED) is 0.888. The van der Waals surface area contributed by atoms with Crippen LogP contribution in [0, 0.1) is 0 Å². The van der Waals surface area contributed by atoms with Crippen LogP contribution in [0.2, 0.25) is 0 Å². The second-order valence-corrected chi connectivity index (χ2v) is 5.48. The Balaban J connectivity index is 2.02. The number of carbonyl (C=O) groups excluding carboxylic acids is 1. The van der Waals surface area contributed by atoms with E-state index in [4.69, 9.17) is 4.74 Å². The summed E-state index contributed by atoms with van der Waals surface area (Å²) in [5, 5.41) is 3.34. The molecule has 0 radical (unpaired) electrons. The average molecular weight is 277 g/mol. The van der Waals surface area contributed by atoms with Gasteiger partial charge in [0, 0.05) is 31.4 Å². The zero-order chi connectivity index (χ0) is 14.5. The summed E-state index contributed by atoms with van der Waals surface area (Å²) in [7, 11) is 1.60. The molecule has 1 aliphatic heterocycles. The molecule has 1 amide bonds. The van der Waals surface area contributed by atoms with E-state index >= 15 is 0 Å². The summed E-state index contributed by atoms with van der Waals surface area (Å²) in [6, 6.07) is 4.08. The molecule has 1 aromatic heterocycles. The van der Waals surface area contributed by atoms with E-state index in [0.29, 0.717) is 18.5 Å². The fourth-order valence-corrected chi connectivity index (χ4v) is 2.54. The Morgan fingerprint density at radius 1 is 1.55 bits per heavy atom. The van der Waals surface area contributed by atoms with Crippen LogP contribution in [0.5, 0.6) is 5.88 Å². The van der Waals surface area contributed by atoms with Crippen LogP contribution in [0.25, 0.3) is 0 Å². The third kappa shape index (κ3) is 3.70. The fraction of sp³-hybridized carbons (Fsp3) is 0.600. The number of rotatable bonds is 5. The maximum atomic E-state index is 12.4. The third-order valence-corrected chi connectivity index (χ3v) is 3.45. The number of aromatic nitrogens is 1. The first-order valence-corrected chi connectivity index (χ1v) is 7.14. The van der Waals surface area contributed by atoms with Gasteiger partial charge < -0.3 is 15.0 Å². The van der Waals surface area contributed by atoms with Crippen LogP contribution in [-0.2, 0) is 11.3 Å². The molecule has 0 bridgehead atoms. The minimum atomic E-state index is -0.0486. The van der Waals surface area contributed by atoms with Crippen molar-refractivity contribution in [3.05, 3.63) is 23.9 Å². The van der Waals surface area contributed by atoms with Crippen molar-refractivity contribution < 1.29 is 9.53 Å². The number of likely N-dealkylation sites (tertiary alicyclic amines) is 1. The van der Waals surface area contributed by atoms with Crippen molar-refractivity contribution in [1.29, 1.82) is 0 Å². The van der Waals surface area contributed by atoms with E-state index in [2.05, 4.69) is 24.1 Å². The highest BCUT2D eigenvalue weighted by Gasteiger charge is 2.28. The summed E-state index contributed by atoms with van der Waals surface area (Å²) in [4.78, 5) is 18.4. The first-order valence-electron chi connectivity index (χ1n) is 7.14. The summed E-state index contributed by atoms with van der Waals surface area (Å²) in [5.41, 5.74) is 1.05. The number of hydrogen-bond acceptors (Lipinski definition) is 4. The average Bonchev–Trinajstić information content (AvgIpc) is 2.43. The summed E-state index contributed by atoms with van der Waals surface area (Å²) in [6.07, 6.45) is 3.68. The standard InChI is InChI=1S/C15H23N3O2/c1-11(2)17-13-5-4-8-18(15(13)19)10-12-6-7-16-14(9-12)20-3/h6-7,9,11,13,17H,4-5,8,10H2,1-3H3. The number of piperidine rings is 1. The minimum Gasteiger partial charge on any atom is -0.481 e. The molecule has 1 unspecified atom stereocenters. The lowest BCUT2D eigenvalue weighted by Gasteiger charge is -2.33.